The monoisotopic (exact) mass is 460 g/mol. The van der Waals surface area contributed by atoms with Crippen molar-refractivity contribution in [2.75, 3.05) is 18.4 Å². The Morgan fingerprint density at radius 1 is 1.15 bits per heavy atom. The number of hydrogen-bond acceptors (Lipinski definition) is 6. The number of hydrogen-bond donors (Lipinski definition) is 1. The quantitative estimate of drug-likeness (QED) is 0.516. The number of piperidine rings is 1. The molecular weight excluding hydrogens is 428 g/mol. The van der Waals surface area contributed by atoms with Gasteiger partial charge in [0.1, 0.15) is 0 Å². The number of rotatable bonds is 6. The lowest BCUT2D eigenvalue weighted by Gasteiger charge is -2.30. The Morgan fingerprint density at radius 3 is 2.62 bits per heavy atom. The zero-order chi connectivity index (χ0) is 24.3. The molecule has 0 bridgehead atoms. The van der Waals surface area contributed by atoms with Crippen LogP contribution in [0.15, 0.2) is 53.1 Å². The van der Waals surface area contributed by atoms with Gasteiger partial charge in [-0.05, 0) is 49.4 Å². The van der Waals surface area contributed by atoms with Crippen molar-refractivity contribution in [3.8, 4) is 11.4 Å². The number of nitrogens with one attached hydrogen (secondary N) is 1. The molecule has 7 nitrogen and oxygen atoms in total. The fourth-order valence-electron chi connectivity index (χ4n) is 4.22. The van der Waals surface area contributed by atoms with Crippen molar-refractivity contribution in [2.45, 2.75) is 52.5 Å². The summed E-state index contributed by atoms with van der Waals surface area (Å²) in [5.74, 6) is 0.930. The number of anilines is 1. The van der Waals surface area contributed by atoms with E-state index in [9.17, 15) is 9.59 Å². The second-order valence-electron chi connectivity index (χ2n) is 10.0. The molecule has 4 rings (SSSR count). The molecule has 7 heteroatoms. The predicted molar refractivity (Wildman–Crippen MR) is 132 cm³/mol. The van der Waals surface area contributed by atoms with Crippen LogP contribution in [-0.2, 0) is 16.8 Å². The zero-order valence-electron chi connectivity index (χ0n) is 20.3. The van der Waals surface area contributed by atoms with Gasteiger partial charge in [0.2, 0.25) is 17.6 Å². The highest BCUT2D eigenvalue weighted by atomic mass is 16.5. The Labute approximate surface area is 200 Å². The number of Topliss-reactive ketones (excluding diaryl/α,β-unsaturated/α-hetero) is 1. The highest BCUT2D eigenvalue weighted by Crippen LogP contribution is 2.26. The SMILES string of the molecule is CC(=O)c1cccc(NC(=O)C2CCCN(Cc3nc(-c4ccc(C(C)(C)C)cc4)no3)C2)c1. The first-order chi connectivity index (χ1) is 16.2. The Kier molecular flexibility index (Phi) is 6.93. The second-order valence-corrected chi connectivity index (χ2v) is 10.0. The second kappa shape index (κ2) is 9.89. The molecule has 34 heavy (non-hydrogen) atoms. The molecule has 0 radical (unpaired) electrons. The van der Waals surface area contributed by atoms with E-state index in [-0.39, 0.29) is 23.0 Å². The van der Waals surface area contributed by atoms with Gasteiger partial charge in [-0.15, -0.1) is 0 Å². The molecule has 0 spiro atoms. The molecule has 178 valence electrons. The van der Waals surface area contributed by atoms with E-state index in [0.29, 0.717) is 36.1 Å². The highest BCUT2D eigenvalue weighted by Gasteiger charge is 2.27. The van der Waals surface area contributed by atoms with Crippen molar-refractivity contribution in [1.82, 2.24) is 15.0 Å². The standard InChI is InChI=1S/C27H32N4O3/c1-18(32)20-7-5-9-23(15-20)28-26(33)21-8-6-14-31(16-21)17-24-29-25(30-34-24)19-10-12-22(13-11-19)27(2,3)4/h5,7,9-13,15,21H,6,8,14,16-17H2,1-4H3,(H,28,33). The normalized spacial score (nSPS) is 16.9. The summed E-state index contributed by atoms with van der Waals surface area (Å²) in [6, 6.07) is 15.3. The van der Waals surface area contributed by atoms with Gasteiger partial charge in [0.05, 0.1) is 12.5 Å². The Morgan fingerprint density at radius 2 is 1.91 bits per heavy atom. The van der Waals surface area contributed by atoms with Crippen molar-refractivity contribution in [2.24, 2.45) is 5.92 Å². The van der Waals surface area contributed by atoms with Gasteiger partial charge in [0, 0.05) is 23.4 Å². The van der Waals surface area contributed by atoms with Crippen LogP contribution < -0.4 is 5.32 Å². The topological polar surface area (TPSA) is 88.3 Å². The average molecular weight is 461 g/mol. The van der Waals surface area contributed by atoms with Gasteiger partial charge in [-0.2, -0.15) is 4.98 Å². The number of amides is 1. The van der Waals surface area contributed by atoms with E-state index in [1.807, 2.05) is 12.1 Å². The number of aromatic nitrogens is 2. The molecule has 1 aliphatic heterocycles. The van der Waals surface area contributed by atoms with Crippen molar-refractivity contribution < 1.29 is 14.1 Å². The summed E-state index contributed by atoms with van der Waals surface area (Å²) in [7, 11) is 0. The molecule has 1 fully saturated rings. The van der Waals surface area contributed by atoms with Gasteiger partial charge in [-0.3, -0.25) is 14.5 Å². The van der Waals surface area contributed by atoms with Crippen LogP contribution in [0.25, 0.3) is 11.4 Å². The minimum Gasteiger partial charge on any atom is -0.338 e. The molecular formula is C27H32N4O3. The summed E-state index contributed by atoms with van der Waals surface area (Å²) < 4.78 is 5.51. The average Bonchev–Trinajstić information content (AvgIpc) is 3.27. The van der Waals surface area contributed by atoms with Crippen molar-refractivity contribution in [3.63, 3.8) is 0 Å². The minimum absolute atomic E-state index is 0.0241. The Hall–Kier alpha value is -3.32. The van der Waals surface area contributed by atoms with E-state index in [4.69, 9.17) is 4.52 Å². The van der Waals surface area contributed by atoms with Crippen LogP contribution in [0, 0.1) is 5.92 Å². The predicted octanol–water partition coefficient (Wildman–Crippen LogP) is 5.09. The van der Waals surface area contributed by atoms with Crippen LogP contribution in [0.3, 0.4) is 0 Å². The third kappa shape index (κ3) is 5.78. The number of nitrogens with zero attached hydrogens (tertiary/aromatic N) is 3. The summed E-state index contributed by atoms with van der Waals surface area (Å²) in [5.41, 5.74) is 3.50. The molecule has 1 unspecified atom stereocenters. The number of carbonyl (C=O) groups excluding carboxylic acids is 2. The van der Waals surface area contributed by atoms with Gasteiger partial charge >= 0.3 is 0 Å². The lowest BCUT2D eigenvalue weighted by atomic mass is 9.87. The summed E-state index contributed by atoms with van der Waals surface area (Å²) in [4.78, 5) is 31.2. The van der Waals surface area contributed by atoms with Crippen LogP contribution in [-0.4, -0.2) is 39.8 Å². The van der Waals surface area contributed by atoms with Crippen LogP contribution in [0.4, 0.5) is 5.69 Å². The molecule has 1 aromatic heterocycles. The smallest absolute Gasteiger partial charge is 0.241 e. The summed E-state index contributed by atoms with van der Waals surface area (Å²) in [5, 5.41) is 7.12. The minimum atomic E-state index is -0.137. The van der Waals surface area contributed by atoms with Crippen molar-refractivity contribution in [3.05, 3.63) is 65.5 Å². The molecule has 1 atom stereocenters. The molecule has 0 aliphatic carbocycles. The number of benzene rings is 2. The van der Waals surface area contributed by atoms with E-state index in [0.717, 1.165) is 24.9 Å². The molecule has 1 N–H and O–H groups in total. The Bertz CT molecular complexity index is 1160. The van der Waals surface area contributed by atoms with Gasteiger partial charge < -0.3 is 9.84 Å². The summed E-state index contributed by atoms with van der Waals surface area (Å²) in [6.45, 7) is 10.1. The van der Waals surface area contributed by atoms with E-state index in [2.05, 4.69) is 53.3 Å². The molecule has 2 heterocycles. The van der Waals surface area contributed by atoms with Gasteiger partial charge in [-0.1, -0.05) is 62.3 Å². The Balaban J connectivity index is 1.36. The first kappa shape index (κ1) is 23.8. The van der Waals surface area contributed by atoms with Crippen molar-refractivity contribution >= 4 is 17.4 Å². The summed E-state index contributed by atoms with van der Waals surface area (Å²) in [6.07, 6.45) is 1.74. The first-order valence-corrected chi connectivity index (χ1v) is 11.8. The van der Waals surface area contributed by atoms with E-state index < -0.39 is 0 Å². The molecule has 1 saturated heterocycles. The van der Waals surface area contributed by atoms with E-state index in [1.54, 1.807) is 24.3 Å². The lowest BCUT2D eigenvalue weighted by Crippen LogP contribution is -2.40. The van der Waals surface area contributed by atoms with Crippen molar-refractivity contribution in [1.29, 1.82) is 0 Å². The maximum Gasteiger partial charge on any atom is 0.241 e. The molecule has 3 aromatic rings. The fourth-order valence-corrected chi connectivity index (χ4v) is 4.22. The highest BCUT2D eigenvalue weighted by molar-refractivity contribution is 5.97. The zero-order valence-corrected chi connectivity index (χ0v) is 20.3. The summed E-state index contributed by atoms with van der Waals surface area (Å²) >= 11 is 0. The number of likely N-dealkylation sites (tertiary alicyclic amines) is 1. The van der Waals surface area contributed by atoms with Crippen LogP contribution in [0.2, 0.25) is 0 Å². The first-order valence-electron chi connectivity index (χ1n) is 11.8. The maximum absolute atomic E-state index is 12.9. The van der Waals surface area contributed by atoms with Crippen LogP contribution >= 0.6 is 0 Å². The molecule has 2 aromatic carbocycles. The number of ketones is 1. The third-order valence-electron chi connectivity index (χ3n) is 6.25. The van der Waals surface area contributed by atoms with E-state index in [1.165, 1.54) is 12.5 Å². The third-order valence-corrected chi connectivity index (χ3v) is 6.25. The van der Waals surface area contributed by atoms with Gasteiger partial charge in [0.25, 0.3) is 0 Å². The van der Waals surface area contributed by atoms with Gasteiger partial charge in [-0.25, -0.2) is 0 Å². The molecule has 1 amide bonds. The molecule has 0 saturated carbocycles. The molecule has 1 aliphatic rings. The number of carbonyl (C=O) groups is 2. The fraction of sp³-hybridized carbons (Fsp3) is 0.407. The van der Waals surface area contributed by atoms with Crippen LogP contribution in [0.1, 0.15) is 62.3 Å². The maximum atomic E-state index is 12.9. The largest absolute Gasteiger partial charge is 0.338 e. The lowest BCUT2D eigenvalue weighted by molar-refractivity contribution is -0.121. The van der Waals surface area contributed by atoms with Crippen LogP contribution in [0.5, 0.6) is 0 Å². The van der Waals surface area contributed by atoms with E-state index >= 15 is 0 Å². The van der Waals surface area contributed by atoms with Gasteiger partial charge in [0.15, 0.2) is 5.78 Å².